The van der Waals surface area contributed by atoms with Gasteiger partial charge in [-0.15, -0.1) is 0 Å². The minimum absolute atomic E-state index is 0.719. The van der Waals surface area contributed by atoms with E-state index in [9.17, 15) is 0 Å². The van der Waals surface area contributed by atoms with Gasteiger partial charge in [-0.05, 0) is 57.1 Å². The zero-order chi connectivity index (χ0) is 16.2. The highest BCUT2D eigenvalue weighted by Gasteiger charge is 2.17. The van der Waals surface area contributed by atoms with E-state index in [0.29, 0.717) is 0 Å². The van der Waals surface area contributed by atoms with Gasteiger partial charge in [0.25, 0.3) is 0 Å². The zero-order valence-corrected chi connectivity index (χ0v) is 14.9. The first-order valence-corrected chi connectivity index (χ1v) is 8.92. The number of hydrogen-bond acceptors (Lipinski definition) is 3. The monoisotopic (exact) mass is 306 g/mol. The van der Waals surface area contributed by atoms with Gasteiger partial charge in [-0.25, -0.2) is 0 Å². The predicted octanol–water partition coefficient (Wildman–Crippen LogP) is 4.08. The van der Waals surface area contributed by atoms with Crippen LogP contribution in [-0.2, 0) is 6.54 Å². The fourth-order valence-electron chi connectivity index (χ4n) is 2.69. The van der Waals surface area contributed by atoms with E-state index in [1.165, 1.54) is 24.8 Å². The van der Waals surface area contributed by atoms with E-state index < -0.39 is 0 Å². The van der Waals surface area contributed by atoms with Crippen molar-refractivity contribution in [2.24, 2.45) is 0 Å². The first kappa shape index (κ1) is 19.0. The Balaban J connectivity index is 0.00000116. The topological polar surface area (TPSA) is 24.5 Å². The Morgan fingerprint density at radius 2 is 1.77 bits per heavy atom. The molecule has 1 aromatic carbocycles. The summed E-state index contributed by atoms with van der Waals surface area (Å²) in [4.78, 5) is 2.48. The van der Waals surface area contributed by atoms with Crippen LogP contribution in [0.15, 0.2) is 24.3 Å². The molecule has 1 fully saturated rings. The van der Waals surface area contributed by atoms with Crippen LogP contribution in [0.1, 0.15) is 52.0 Å². The van der Waals surface area contributed by atoms with Crippen molar-refractivity contribution in [3.05, 3.63) is 29.8 Å². The third-order valence-electron chi connectivity index (χ3n) is 4.05. The normalized spacial score (nSPS) is 15.3. The molecule has 1 saturated heterocycles. The van der Waals surface area contributed by atoms with Gasteiger partial charge in [-0.3, -0.25) is 4.90 Å². The van der Waals surface area contributed by atoms with Gasteiger partial charge in [0.1, 0.15) is 5.75 Å². The molecule has 0 atom stereocenters. The van der Waals surface area contributed by atoms with Crippen LogP contribution in [0.5, 0.6) is 5.75 Å². The minimum Gasteiger partial charge on any atom is -0.494 e. The maximum atomic E-state index is 5.70. The molecular weight excluding hydrogens is 272 g/mol. The third-order valence-corrected chi connectivity index (χ3v) is 4.05. The van der Waals surface area contributed by atoms with Crippen LogP contribution in [0.3, 0.4) is 0 Å². The highest BCUT2D eigenvalue weighted by molar-refractivity contribution is 5.27. The Bertz CT molecular complexity index is 372. The average molecular weight is 306 g/mol. The molecule has 0 aromatic heterocycles. The summed E-state index contributed by atoms with van der Waals surface area (Å²) in [6.07, 6.45) is 4.82. The standard InChI is InChI=1S/C17H28N2O.C2H6/c1-3-4-13-20-17-7-5-15(6-8-17)14-19(2)16-9-11-18-12-10-16;1-2/h5-8,16,18H,3-4,9-14H2,1-2H3;1-2H3. The predicted molar refractivity (Wildman–Crippen MR) is 95.6 cm³/mol. The number of piperidine rings is 1. The van der Waals surface area contributed by atoms with Gasteiger partial charge in [0.05, 0.1) is 6.61 Å². The van der Waals surface area contributed by atoms with Crippen molar-refractivity contribution in [1.29, 1.82) is 0 Å². The van der Waals surface area contributed by atoms with E-state index in [0.717, 1.165) is 44.5 Å². The summed E-state index contributed by atoms with van der Waals surface area (Å²) in [5, 5.41) is 3.42. The number of rotatable bonds is 7. The van der Waals surface area contributed by atoms with Crippen molar-refractivity contribution in [2.45, 2.75) is 59.0 Å². The number of hydrogen-bond donors (Lipinski definition) is 1. The second-order valence-corrected chi connectivity index (χ2v) is 5.74. The first-order chi connectivity index (χ1) is 10.8. The molecule has 2 rings (SSSR count). The molecule has 1 heterocycles. The van der Waals surface area contributed by atoms with Gasteiger partial charge >= 0.3 is 0 Å². The molecule has 1 N–H and O–H groups in total. The number of ether oxygens (including phenoxy) is 1. The Hall–Kier alpha value is -1.06. The lowest BCUT2D eigenvalue weighted by atomic mass is 10.0. The molecule has 126 valence electrons. The van der Waals surface area contributed by atoms with Crippen LogP contribution >= 0.6 is 0 Å². The summed E-state index contributed by atoms with van der Waals surface area (Å²) >= 11 is 0. The van der Waals surface area contributed by atoms with E-state index in [4.69, 9.17) is 4.74 Å². The zero-order valence-electron chi connectivity index (χ0n) is 14.9. The minimum atomic E-state index is 0.719. The molecule has 1 aliphatic heterocycles. The first-order valence-electron chi connectivity index (χ1n) is 8.92. The second-order valence-electron chi connectivity index (χ2n) is 5.74. The van der Waals surface area contributed by atoms with Crippen molar-refractivity contribution in [2.75, 3.05) is 26.7 Å². The number of unbranched alkanes of at least 4 members (excludes halogenated alkanes) is 1. The molecule has 0 unspecified atom stereocenters. The summed E-state index contributed by atoms with van der Waals surface area (Å²) in [6, 6.07) is 9.30. The highest BCUT2D eigenvalue weighted by Crippen LogP contribution is 2.17. The van der Waals surface area contributed by atoms with Crippen molar-refractivity contribution in [1.82, 2.24) is 10.2 Å². The fraction of sp³-hybridized carbons (Fsp3) is 0.684. The molecular formula is C19H34N2O. The number of nitrogens with one attached hydrogen (secondary N) is 1. The smallest absolute Gasteiger partial charge is 0.119 e. The van der Waals surface area contributed by atoms with E-state index in [-0.39, 0.29) is 0 Å². The Labute approximate surface area is 137 Å². The number of nitrogens with zero attached hydrogens (tertiary/aromatic N) is 1. The molecule has 3 nitrogen and oxygen atoms in total. The molecule has 0 radical (unpaired) electrons. The van der Waals surface area contributed by atoms with Crippen LogP contribution < -0.4 is 10.1 Å². The van der Waals surface area contributed by atoms with Gasteiger partial charge < -0.3 is 10.1 Å². The van der Waals surface area contributed by atoms with Crippen LogP contribution in [0.4, 0.5) is 0 Å². The van der Waals surface area contributed by atoms with Gasteiger partial charge in [0.15, 0.2) is 0 Å². The second kappa shape index (κ2) is 11.5. The quantitative estimate of drug-likeness (QED) is 0.768. The van der Waals surface area contributed by atoms with Crippen LogP contribution in [0, 0.1) is 0 Å². The molecule has 0 saturated carbocycles. The van der Waals surface area contributed by atoms with E-state index in [1.807, 2.05) is 13.8 Å². The number of benzene rings is 1. The molecule has 0 bridgehead atoms. The van der Waals surface area contributed by atoms with Crippen LogP contribution in [0.2, 0.25) is 0 Å². The summed E-state index contributed by atoms with van der Waals surface area (Å²) in [5.41, 5.74) is 1.37. The van der Waals surface area contributed by atoms with E-state index >= 15 is 0 Å². The molecule has 3 heteroatoms. The van der Waals surface area contributed by atoms with E-state index in [2.05, 4.69) is 48.5 Å². The van der Waals surface area contributed by atoms with Crippen molar-refractivity contribution in [3.63, 3.8) is 0 Å². The summed E-state index contributed by atoms with van der Waals surface area (Å²) < 4.78 is 5.70. The maximum absolute atomic E-state index is 5.70. The summed E-state index contributed by atoms with van der Waals surface area (Å²) in [5.74, 6) is 0.992. The maximum Gasteiger partial charge on any atom is 0.119 e. The SMILES string of the molecule is CC.CCCCOc1ccc(CN(C)C2CCNCC2)cc1. The molecule has 1 aliphatic rings. The van der Waals surface area contributed by atoms with E-state index in [1.54, 1.807) is 0 Å². The largest absolute Gasteiger partial charge is 0.494 e. The van der Waals surface area contributed by atoms with Crippen molar-refractivity contribution >= 4 is 0 Å². The van der Waals surface area contributed by atoms with Gasteiger partial charge in [0, 0.05) is 12.6 Å². The average Bonchev–Trinajstić information content (AvgIpc) is 2.59. The van der Waals surface area contributed by atoms with Crippen molar-refractivity contribution < 1.29 is 4.74 Å². The van der Waals surface area contributed by atoms with Crippen LogP contribution in [-0.4, -0.2) is 37.7 Å². The molecule has 1 aromatic rings. The molecule has 0 aliphatic carbocycles. The van der Waals surface area contributed by atoms with Crippen LogP contribution in [0.25, 0.3) is 0 Å². The van der Waals surface area contributed by atoms with Gasteiger partial charge in [0.2, 0.25) is 0 Å². The summed E-state index contributed by atoms with van der Waals surface area (Å²) in [7, 11) is 2.24. The Morgan fingerprint density at radius 3 is 2.36 bits per heavy atom. The lowest BCUT2D eigenvalue weighted by Crippen LogP contribution is -2.40. The van der Waals surface area contributed by atoms with Gasteiger partial charge in [-0.1, -0.05) is 39.3 Å². The third kappa shape index (κ3) is 6.80. The lowest BCUT2D eigenvalue weighted by Gasteiger charge is -2.31. The molecule has 22 heavy (non-hydrogen) atoms. The highest BCUT2D eigenvalue weighted by atomic mass is 16.5. The Kier molecular flexibility index (Phi) is 9.93. The summed E-state index contributed by atoms with van der Waals surface area (Å²) in [6.45, 7) is 10.3. The fourth-order valence-corrected chi connectivity index (χ4v) is 2.69. The molecule has 0 spiro atoms. The van der Waals surface area contributed by atoms with Gasteiger partial charge in [-0.2, -0.15) is 0 Å². The molecule has 0 amide bonds. The van der Waals surface area contributed by atoms with Crippen molar-refractivity contribution in [3.8, 4) is 5.75 Å². The lowest BCUT2D eigenvalue weighted by molar-refractivity contribution is 0.191. The Morgan fingerprint density at radius 1 is 1.14 bits per heavy atom.